The summed E-state index contributed by atoms with van der Waals surface area (Å²) in [6.45, 7) is 8.30. The number of nitrogens with zero attached hydrogens (tertiary/aromatic N) is 5. The maximum atomic E-state index is 12.9. The highest BCUT2D eigenvalue weighted by Gasteiger charge is 2.24. The van der Waals surface area contributed by atoms with Gasteiger partial charge in [-0.05, 0) is 62.2 Å². The van der Waals surface area contributed by atoms with Crippen LogP contribution in [0.3, 0.4) is 0 Å². The molecule has 3 aromatic rings. The summed E-state index contributed by atoms with van der Waals surface area (Å²) in [5, 5.41) is 3.34. The molecule has 9 heteroatoms. The molecular weight excluding hydrogens is 454 g/mol. The van der Waals surface area contributed by atoms with Crippen LogP contribution in [0.25, 0.3) is 11.0 Å². The third-order valence-electron chi connectivity index (χ3n) is 7.49. The van der Waals surface area contributed by atoms with Gasteiger partial charge in [0, 0.05) is 57.6 Å². The molecule has 0 saturated carbocycles. The van der Waals surface area contributed by atoms with E-state index in [1.165, 1.54) is 0 Å². The van der Waals surface area contributed by atoms with Gasteiger partial charge in [-0.3, -0.25) is 19.5 Å². The first-order valence-electron chi connectivity index (χ1n) is 12.9. The molecule has 0 radical (unpaired) electrons. The van der Waals surface area contributed by atoms with Gasteiger partial charge in [-0.15, -0.1) is 0 Å². The van der Waals surface area contributed by atoms with Crippen molar-refractivity contribution >= 4 is 22.6 Å². The molecule has 36 heavy (non-hydrogen) atoms. The van der Waals surface area contributed by atoms with Gasteiger partial charge in [0.15, 0.2) is 0 Å². The molecule has 9 nitrogen and oxygen atoms in total. The van der Waals surface area contributed by atoms with Crippen LogP contribution < -0.4 is 15.8 Å². The van der Waals surface area contributed by atoms with Crippen molar-refractivity contribution in [3.63, 3.8) is 0 Å². The van der Waals surface area contributed by atoms with E-state index < -0.39 is 0 Å². The third kappa shape index (κ3) is 5.27. The topological polar surface area (TPSA) is 97.5 Å². The second kappa shape index (κ2) is 10.8. The molecule has 190 valence electrons. The molecule has 5 rings (SSSR count). The molecule has 3 aromatic heterocycles. The number of amides is 1. The minimum Gasteiger partial charge on any atom is -0.368 e. The van der Waals surface area contributed by atoms with Crippen molar-refractivity contribution in [2.24, 2.45) is 0 Å². The Morgan fingerprint density at radius 3 is 2.56 bits per heavy atom. The Kier molecular flexibility index (Phi) is 7.29. The number of aryl methyl sites for hydroxylation is 1. The van der Waals surface area contributed by atoms with Crippen molar-refractivity contribution in [2.45, 2.75) is 38.8 Å². The minimum atomic E-state index is -0.0307. The Morgan fingerprint density at radius 1 is 1.08 bits per heavy atom. The zero-order valence-electron chi connectivity index (χ0n) is 21.2. The van der Waals surface area contributed by atoms with E-state index in [1.807, 2.05) is 55.5 Å². The number of carbonyl (C=O) groups excluding carboxylic acids is 1. The lowest BCUT2D eigenvalue weighted by Crippen LogP contribution is -2.46. The fraction of sp³-hybridized carbons (Fsp3) is 0.481. The van der Waals surface area contributed by atoms with Gasteiger partial charge in [-0.25, -0.2) is 4.98 Å². The molecule has 0 aliphatic carbocycles. The van der Waals surface area contributed by atoms with E-state index in [-0.39, 0.29) is 17.5 Å². The molecule has 2 fully saturated rings. The third-order valence-corrected chi connectivity index (χ3v) is 7.49. The Morgan fingerprint density at radius 2 is 1.86 bits per heavy atom. The average molecular weight is 490 g/mol. The van der Waals surface area contributed by atoms with Crippen molar-refractivity contribution in [3.05, 3.63) is 63.8 Å². The number of nitrogens with one attached hydrogen (secondary N) is 2. The summed E-state index contributed by atoms with van der Waals surface area (Å²) in [7, 11) is 1.89. The predicted octanol–water partition coefficient (Wildman–Crippen LogP) is 2.03. The molecule has 2 saturated heterocycles. The van der Waals surface area contributed by atoms with Gasteiger partial charge in [0.05, 0.1) is 22.9 Å². The zero-order chi connectivity index (χ0) is 25.1. The molecule has 0 atom stereocenters. The van der Waals surface area contributed by atoms with Gasteiger partial charge < -0.3 is 20.1 Å². The summed E-state index contributed by atoms with van der Waals surface area (Å²) in [6.07, 6.45) is 6.40. The first-order chi connectivity index (χ1) is 17.5. The monoisotopic (exact) mass is 489 g/mol. The maximum absolute atomic E-state index is 12.9. The highest BCUT2D eigenvalue weighted by atomic mass is 16.2. The number of anilines is 1. The summed E-state index contributed by atoms with van der Waals surface area (Å²) in [5.74, 6) is -0.00507. The number of H-pyrrole nitrogens is 1. The van der Waals surface area contributed by atoms with E-state index in [0.29, 0.717) is 12.1 Å². The summed E-state index contributed by atoms with van der Waals surface area (Å²) < 4.78 is 0. The molecule has 0 bridgehead atoms. The Balaban J connectivity index is 1.16. The lowest BCUT2D eigenvalue weighted by Gasteiger charge is -2.36. The first-order valence-corrected chi connectivity index (χ1v) is 12.9. The minimum absolute atomic E-state index is 0.00507. The lowest BCUT2D eigenvalue weighted by atomic mass is 10.1. The fourth-order valence-electron chi connectivity index (χ4n) is 5.18. The molecule has 0 spiro atoms. The number of hydrogen-bond acceptors (Lipinski definition) is 7. The number of fused-ring (bicyclic) bond motifs is 1. The van der Waals surface area contributed by atoms with Gasteiger partial charge in [0.2, 0.25) is 0 Å². The van der Waals surface area contributed by atoms with Crippen LogP contribution in [0, 0.1) is 0 Å². The summed E-state index contributed by atoms with van der Waals surface area (Å²) >= 11 is 0. The fourth-order valence-corrected chi connectivity index (χ4v) is 5.18. The van der Waals surface area contributed by atoms with E-state index in [9.17, 15) is 9.59 Å². The van der Waals surface area contributed by atoms with Crippen LogP contribution in [0.15, 0.2) is 41.5 Å². The molecule has 2 aliphatic rings. The Labute approximate surface area is 211 Å². The van der Waals surface area contributed by atoms with Gasteiger partial charge in [0.25, 0.3) is 11.5 Å². The zero-order valence-corrected chi connectivity index (χ0v) is 21.2. The van der Waals surface area contributed by atoms with E-state index in [4.69, 9.17) is 0 Å². The smallest absolute Gasteiger partial charge is 0.272 e. The SMILES string of the molecule is CCc1cc2ncc(CN3CCN(c4ccc(C(=O)N(C)C5CCNCC5)nc4)CC3)cc2[nH]c1=O. The summed E-state index contributed by atoms with van der Waals surface area (Å²) in [4.78, 5) is 43.7. The summed E-state index contributed by atoms with van der Waals surface area (Å²) in [5.41, 5.74) is 5.00. The van der Waals surface area contributed by atoms with E-state index in [2.05, 4.69) is 30.1 Å². The number of aromatic nitrogens is 3. The van der Waals surface area contributed by atoms with Crippen molar-refractivity contribution in [3.8, 4) is 0 Å². The van der Waals surface area contributed by atoms with E-state index in [1.54, 1.807) is 0 Å². The molecular formula is C27H35N7O2. The van der Waals surface area contributed by atoms with Crippen LogP contribution in [0.4, 0.5) is 5.69 Å². The molecule has 0 unspecified atom stereocenters. The maximum Gasteiger partial charge on any atom is 0.272 e. The molecule has 1 amide bonds. The molecule has 0 aromatic carbocycles. The highest BCUT2D eigenvalue weighted by molar-refractivity contribution is 5.92. The number of hydrogen-bond donors (Lipinski definition) is 2. The van der Waals surface area contributed by atoms with Crippen molar-refractivity contribution in [1.82, 2.24) is 30.1 Å². The Hall–Kier alpha value is -3.30. The predicted molar refractivity (Wildman–Crippen MR) is 141 cm³/mol. The quantitative estimate of drug-likeness (QED) is 0.547. The first kappa shape index (κ1) is 24.4. The van der Waals surface area contributed by atoms with E-state index in [0.717, 1.165) is 86.5 Å². The van der Waals surface area contributed by atoms with Crippen LogP contribution in [0.1, 0.15) is 41.4 Å². The number of carbonyl (C=O) groups is 1. The number of aromatic amines is 1. The van der Waals surface area contributed by atoms with Gasteiger partial charge in [-0.1, -0.05) is 6.92 Å². The van der Waals surface area contributed by atoms with Crippen LogP contribution in [-0.2, 0) is 13.0 Å². The number of rotatable bonds is 6. The molecule has 2 N–H and O–H groups in total. The Bertz CT molecular complexity index is 1260. The van der Waals surface area contributed by atoms with Crippen LogP contribution >= 0.6 is 0 Å². The average Bonchev–Trinajstić information content (AvgIpc) is 2.93. The highest BCUT2D eigenvalue weighted by Crippen LogP contribution is 2.19. The largest absolute Gasteiger partial charge is 0.368 e. The van der Waals surface area contributed by atoms with Crippen LogP contribution in [0.2, 0.25) is 0 Å². The van der Waals surface area contributed by atoms with Gasteiger partial charge in [0.1, 0.15) is 5.69 Å². The van der Waals surface area contributed by atoms with Crippen molar-refractivity contribution in [1.29, 1.82) is 0 Å². The standard InChI is InChI=1S/C27H35N7O2/c1-3-20-15-24-25(31-26(20)35)14-19(16-29-24)18-33-10-12-34(13-11-33)22-4-5-23(30-17-22)27(36)32(2)21-6-8-28-9-7-21/h4-5,14-17,21,28H,3,6-13,18H2,1-2H3,(H,31,35). The van der Waals surface area contributed by atoms with Crippen molar-refractivity contribution < 1.29 is 4.79 Å². The van der Waals surface area contributed by atoms with Crippen LogP contribution in [0.5, 0.6) is 0 Å². The molecule has 2 aliphatic heterocycles. The second-order valence-corrected chi connectivity index (χ2v) is 9.82. The normalized spacial score (nSPS) is 17.4. The number of piperidine rings is 1. The van der Waals surface area contributed by atoms with Gasteiger partial charge in [-0.2, -0.15) is 0 Å². The summed E-state index contributed by atoms with van der Waals surface area (Å²) in [6, 6.07) is 8.07. The number of piperazine rings is 1. The van der Waals surface area contributed by atoms with Gasteiger partial charge >= 0.3 is 0 Å². The van der Waals surface area contributed by atoms with Crippen molar-refractivity contribution in [2.75, 3.05) is 51.2 Å². The number of pyridine rings is 3. The van der Waals surface area contributed by atoms with Crippen LogP contribution in [-0.4, -0.2) is 83.0 Å². The second-order valence-electron chi connectivity index (χ2n) is 9.82. The van der Waals surface area contributed by atoms with E-state index >= 15 is 0 Å². The lowest BCUT2D eigenvalue weighted by molar-refractivity contribution is 0.0697. The molecule has 5 heterocycles.